The summed E-state index contributed by atoms with van der Waals surface area (Å²) in [6, 6.07) is 22.4. The SMILES string of the molecule is CCC(Sc1cccc(NC(=S)Nc2ccccc2OC)c1)C(=O)Nc1ccc(Cl)cc1. The fraction of sp³-hybridized carbons (Fsp3) is 0.167. The zero-order valence-electron chi connectivity index (χ0n) is 17.7. The van der Waals surface area contributed by atoms with Crippen molar-refractivity contribution in [3.63, 3.8) is 0 Å². The number of nitrogens with one attached hydrogen (secondary N) is 3. The van der Waals surface area contributed by atoms with Crippen molar-refractivity contribution in [2.24, 2.45) is 0 Å². The summed E-state index contributed by atoms with van der Waals surface area (Å²) in [6.07, 6.45) is 0.690. The number of thiocarbonyl (C=S) groups is 1. The zero-order chi connectivity index (χ0) is 22.9. The summed E-state index contributed by atoms with van der Waals surface area (Å²) in [5.74, 6) is 0.657. The molecule has 0 aliphatic rings. The molecule has 0 heterocycles. The minimum atomic E-state index is -0.236. The number of ether oxygens (including phenoxy) is 1. The van der Waals surface area contributed by atoms with Gasteiger partial charge < -0.3 is 20.7 Å². The normalized spacial score (nSPS) is 11.3. The van der Waals surface area contributed by atoms with Crippen molar-refractivity contribution in [2.75, 3.05) is 23.1 Å². The van der Waals surface area contributed by atoms with Gasteiger partial charge in [-0.3, -0.25) is 4.79 Å². The lowest BCUT2D eigenvalue weighted by atomic mass is 10.2. The summed E-state index contributed by atoms with van der Waals surface area (Å²) in [4.78, 5) is 13.7. The number of methoxy groups -OCH3 is 1. The van der Waals surface area contributed by atoms with Crippen LogP contribution in [0.4, 0.5) is 17.1 Å². The number of para-hydroxylation sites is 2. The molecule has 3 rings (SSSR count). The van der Waals surface area contributed by atoms with E-state index in [9.17, 15) is 4.79 Å². The Balaban J connectivity index is 1.62. The third kappa shape index (κ3) is 6.88. The molecule has 0 aliphatic heterocycles. The Labute approximate surface area is 202 Å². The number of anilines is 3. The molecular formula is C24H24ClN3O2S2. The van der Waals surface area contributed by atoms with Gasteiger partial charge in [0.15, 0.2) is 5.11 Å². The Morgan fingerprint density at radius 1 is 1.00 bits per heavy atom. The van der Waals surface area contributed by atoms with Crippen LogP contribution in [0, 0.1) is 0 Å². The lowest BCUT2D eigenvalue weighted by Gasteiger charge is -2.16. The Morgan fingerprint density at radius 3 is 2.47 bits per heavy atom. The Kier molecular flexibility index (Phi) is 8.79. The molecule has 0 spiro atoms. The molecule has 0 saturated heterocycles. The van der Waals surface area contributed by atoms with E-state index in [0.717, 1.165) is 22.0 Å². The topological polar surface area (TPSA) is 62.4 Å². The van der Waals surface area contributed by atoms with Crippen LogP contribution in [0.1, 0.15) is 13.3 Å². The van der Waals surface area contributed by atoms with Crippen molar-refractivity contribution in [2.45, 2.75) is 23.5 Å². The van der Waals surface area contributed by atoms with Crippen LogP contribution < -0.4 is 20.7 Å². The van der Waals surface area contributed by atoms with Gasteiger partial charge in [-0.05, 0) is 73.2 Å². The maximum absolute atomic E-state index is 12.7. The summed E-state index contributed by atoms with van der Waals surface area (Å²) in [7, 11) is 1.62. The maximum Gasteiger partial charge on any atom is 0.237 e. The fourth-order valence-electron chi connectivity index (χ4n) is 2.92. The monoisotopic (exact) mass is 485 g/mol. The average Bonchev–Trinajstić information content (AvgIpc) is 2.79. The third-order valence-electron chi connectivity index (χ3n) is 4.50. The molecule has 166 valence electrons. The van der Waals surface area contributed by atoms with Crippen LogP contribution in [-0.2, 0) is 4.79 Å². The molecule has 3 aromatic rings. The second kappa shape index (κ2) is 11.8. The number of carbonyl (C=O) groups is 1. The fourth-order valence-corrected chi connectivity index (χ4v) is 4.29. The van der Waals surface area contributed by atoms with Gasteiger partial charge >= 0.3 is 0 Å². The molecule has 0 aliphatic carbocycles. The smallest absolute Gasteiger partial charge is 0.237 e. The summed E-state index contributed by atoms with van der Waals surface area (Å²) in [6.45, 7) is 1.99. The molecule has 0 aromatic heterocycles. The van der Waals surface area contributed by atoms with E-state index in [2.05, 4.69) is 16.0 Å². The van der Waals surface area contributed by atoms with E-state index in [1.807, 2.05) is 55.5 Å². The van der Waals surface area contributed by atoms with E-state index >= 15 is 0 Å². The number of thioether (sulfide) groups is 1. The predicted octanol–water partition coefficient (Wildman–Crippen LogP) is 6.67. The van der Waals surface area contributed by atoms with Crippen molar-refractivity contribution in [3.8, 4) is 5.75 Å². The quantitative estimate of drug-likeness (QED) is 0.245. The highest BCUT2D eigenvalue weighted by atomic mass is 35.5. The van der Waals surface area contributed by atoms with Crippen molar-refractivity contribution in [1.29, 1.82) is 0 Å². The highest BCUT2D eigenvalue weighted by molar-refractivity contribution is 8.00. The Hall–Kier alpha value is -2.74. The van der Waals surface area contributed by atoms with E-state index in [1.165, 1.54) is 11.8 Å². The van der Waals surface area contributed by atoms with Crippen LogP contribution in [0.15, 0.2) is 77.7 Å². The lowest BCUT2D eigenvalue weighted by Crippen LogP contribution is -2.24. The minimum Gasteiger partial charge on any atom is -0.495 e. The number of hydrogen-bond acceptors (Lipinski definition) is 4. The molecule has 5 nitrogen and oxygen atoms in total. The molecule has 1 unspecified atom stereocenters. The molecule has 1 amide bonds. The summed E-state index contributed by atoms with van der Waals surface area (Å²) >= 11 is 12.9. The van der Waals surface area contributed by atoms with Crippen LogP contribution in [0.25, 0.3) is 0 Å². The van der Waals surface area contributed by atoms with Gasteiger partial charge in [0.05, 0.1) is 18.0 Å². The highest BCUT2D eigenvalue weighted by Gasteiger charge is 2.18. The van der Waals surface area contributed by atoms with Crippen LogP contribution in [-0.4, -0.2) is 23.4 Å². The lowest BCUT2D eigenvalue weighted by molar-refractivity contribution is -0.115. The average molecular weight is 486 g/mol. The van der Waals surface area contributed by atoms with Crippen LogP contribution in [0.2, 0.25) is 5.02 Å². The first-order chi connectivity index (χ1) is 15.5. The van der Waals surface area contributed by atoms with Crippen LogP contribution in [0.3, 0.4) is 0 Å². The minimum absolute atomic E-state index is 0.0495. The van der Waals surface area contributed by atoms with Gasteiger partial charge in [0, 0.05) is 21.3 Å². The molecule has 0 saturated carbocycles. The third-order valence-corrected chi connectivity index (χ3v) is 6.31. The summed E-state index contributed by atoms with van der Waals surface area (Å²) in [5.41, 5.74) is 2.33. The van der Waals surface area contributed by atoms with Crippen molar-refractivity contribution in [3.05, 3.63) is 77.8 Å². The van der Waals surface area contributed by atoms with Crippen LogP contribution >= 0.6 is 35.6 Å². The highest BCUT2D eigenvalue weighted by Crippen LogP contribution is 2.29. The van der Waals surface area contributed by atoms with E-state index in [-0.39, 0.29) is 11.2 Å². The molecule has 32 heavy (non-hydrogen) atoms. The number of carbonyl (C=O) groups excluding carboxylic acids is 1. The van der Waals surface area contributed by atoms with E-state index in [1.54, 1.807) is 31.4 Å². The van der Waals surface area contributed by atoms with E-state index in [0.29, 0.717) is 22.3 Å². The van der Waals surface area contributed by atoms with Gasteiger partial charge in [0.1, 0.15) is 5.75 Å². The molecule has 1 atom stereocenters. The van der Waals surface area contributed by atoms with E-state index < -0.39 is 0 Å². The molecule has 0 radical (unpaired) electrons. The maximum atomic E-state index is 12.7. The first-order valence-corrected chi connectivity index (χ1v) is 11.7. The van der Waals surface area contributed by atoms with Crippen LogP contribution in [0.5, 0.6) is 5.75 Å². The van der Waals surface area contributed by atoms with Gasteiger partial charge in [0.2, 0.25) is 5.91 Å². The van der Waals surface area contributed by atoms with Gasteiger partial charge in [-0.1, -0.05) is 36.7 Å². The summed E-state index contributed by atoms with van der Waals surface area (Å²) in [5, 5.41) is 10.1. The molecule has 8 heteroatoms. The van der Waals surface area contributed by atoms with Crippen molar-refractivity contribution < 1.29 is 9.53 Å². The molecular weight excluding hydrogens is 462 g/mol. The number of hydrogen-bond donors (Lipinski definition) is 3. The number of amides is 1. The second-order valence-electron chi connectivity index (χ2n) is 6.82. The zero-order valence-corrected chi connectivity index (χ0v) is 20.1. The first kappa shape index (κ1) is 23.9. The number of halogens is 1. The number of rotatable bonds is 8. The second-order valence-corrected chi connectivity index (χ2v) is 8.94. The largest absolute Gasteiger partial charge is 0.495 e. The molecule has 0 bridgehead atoms. The van der Waals surface area contributed by atoms with Gasteiger partial charge in [-0.25, -0.2) is 0 Å². The van der Waals surface area contributed by atoms with Crippen molar-refractivity contribution in [1.82, 2.24) is 0 Å². The van der Waals surface area contributed by atoms with Gasteiger partial charge in [-0.2, -0.15) is 0 Å². The predicted molar refractivity (Wildman–Crippen MR) is 139 cm³/mol. The number of benzene rings is 3. The van der Waals surface area contributed by atoms with Gasteiger partial charge in [0.25, 0.3) is 0 Å². The molecule has 3 N–H and O–H groups in total. The Morgan fingerprint density at radius 2 is 1.75 bits per heavy atom. The van der Waals surface area contributed by atoms with E-state index in [4.69, 9.17) is 28.6 Å². The van der Waals surface area contributed by atoms with Crippen molar-refractivity contribution >= 4 is 63.7 Å². The molecule has 3 aromatic carbocycles. The first-order valence-electron chi connectivity index (χ1n) is 10.0. The summed E-state index contributed by atoms with van der Waals surface area (Å²) < 4.78 is 5.34. The van der Waals surface area contributed by atoms with Gasteiger partial charge in [-0.15, -0.1) is 11.8 Å². The Bertz CT molecular complexity index is 1080. The standard InChI is InChI=1S/C24H24ClN3O2S2/c1-3-22(23(29)26-17-13-11-16(25)12-14-17)32-19-8-6-7-18(15-19)27-24(31)28-20-9-4-5-10-21(20)30-2/h4-15,22H,3H2,1-2H3,(H,26,29)(H2,27,28,31). The molecule has 0 fully saturated rings.